The van der Waals surface area contributed by atoms with Crippen LogP contribution in [-0.2, 0) is 16.0 Å². The van der Waals surface area contributed by atoms with Gasteiger partial charge in [-0.25, -0.2) is 4.79 Å². The molecule has 3 aromatic rings. The van der Waals surface area contributed by atoms with Crippen molar-refractivity contribution in [3.8, 4) is 5.75 Å². The number of aromatic amines is 1. The Hall–Kier alpha value is -3.23. The van der Waals surface area contributed by atoms with Crippen molar-refractivity contribution < 1.29 is 24.2 Å². The van der Waals surface area contributed by atoms with Gasteiger partial charge in [0, 0.05) is 28.2 Å². The number of ether oxygens (including phenoxy) is 2. The largest absolute Gasteiger partial charge is 0.491 e. The number of amides is 2. The standard InChI is InChI=1S/C25H28ClN3O5/c1-2-11-33-25(32)27-13-18(31)14-34-19-6-3-16(4-7-19)24-23-20(9-10-29(24)15-30)21-12-17(26)5-8-22(21)28-23/h3-8,12,15,18,24,28,31H,2,9-11,13-14H2,1H3,(H,27,32). The van der Waals surface area contributed by atoms with Crippen molar-refractivity contribution in [2.45, 2.75) is 31.9 Å². The number of H-pyrrole nitrogens is 1. The zero-order valence-corrected chi connectivity index (χ0v) is 19.7. The lowest BCUT2D eigenvalue weighted by Gasteiger charge is -2.33. The highest BCUT2D eigenvalue weighted by atomic mass is 35.5. The van der Waals surface area contributed by atoms with Crippen LogP contribution in [-0.4, -0.2) is 59.9 Å². The molecule has 3 N–H and O–H groups in total. The molecule has 0 aliphatic carbocycles. The highest BCUT2D eigenvalue weighted by Crippen LogP contribution is 2.38. The molecule has 1 aromatic heterocycles. The van der Waals surface area contributed by atoms with Gasteiger partial charge in [0.25, 0.3) is 0 Å². The molecule has 180 valence electrons. The van der Waals surface area contributed by atoms with Crippen molar-refractivity contribution in [2.24, 2.45) is 0 Å². The third kappa shape index (κ3) is 5.29. The number of nitrogens with one attached hydrogen (secondary N) is 2. The van der Waals surface area contributed by atoms with Gasteiger partial charge in [-0.05, 0) is 54.3 Å². The van der Waals surface area contributed by atoms with Crippen molar-refractivity contribution in [3.63, 3.8) is 0 Å². The molecule has 2 aromatic carbocycles. The monoisotopic (exact) mass is 485 g/mol. The molecule has 2 amide bonds. The second-order valence-corrected chi connectivity index (χ2v) is 8.69. The molecular formula is C25H28ClN3O5. The summed E-state index contributed by atoms with van der Waals surface area (Å²) in [4.78, 5) is 28.6. The first-order valence-electron chi connectivity index (χ1n) is 11.3. The Labute approximate surface area is 202 Å². The predicted molar refractivity (Wildman–Crippen MR) is 129 cm³/mol. The van der Waals surface area contributed by atoms with Gasteiger partial charge < -0.3 is 29.8 Å². The molecule has 4 rings (SSSR count). The number of carbonyl (C=O) groups is 2. The molecule has 1 aliphatic heterocycles. The molecule has 0 fully saturated rings. The van der Waals surface area contributed by atoms with E-state index in [0.29, 0.717) is 23.9 Å². The molecule has 0 radical (unpaired) electrons. The van der Waals surface area contributed by atoms with E-state index in [1.807, 2.05) is 49.4 Å². The number of carbonyl (C=O) groups excluding carboxylic acids is 2. The average molecular weight is 486 g/mol. The van der Waals surface area contributed by atoms with Crippen LogP contribution in [0.1, 0.15) is 36.2 Å². The number of aromatic nitrogens is 1. The number of benzene rings is 2. The number of hydrogen-bond donors (Lipinski definition) is 3. The molecular weight excluding hydrogens is 458 g/mol. The quantitative estimate of drug-likeness (QED) is 0.400. The number of nitrogens with zero attached hydrogens (tertiary/aromatic N) is 1. The zero-order valence-electron chi connectivity index (χ0n) is 18.9. The molecule has 2 heterocycles. The molecule has 34 heavy (non-hydrogen) atoms. The minimum atomic E-state index is -0.876. The maximum absolute atomic E-state index is 11.8. The topological polar surface area (TPSA) is 104 Å². The van der Waals surface area contributed by atoms with Gasteiger partial charge in [-0.3, -0.25) is 4.79 Å². The fourth-order valence-electron chi connectivity index (χ4n) is 4.20. The van der Waals surface area contributed by atoms with Crippen molar-refractivity contribution in [1.82, 2.24) is 15.2 Å². The summed E-state index contributed by atoms with van der Waals surface area (Å²) < 4.78 is 10.6. The minimum Gasteiger partial charge on any atom is -0.491 e. The number of hydrogen-bond acceptors (Lipinski definition) is 5. The molecule has 2 unspecified atom stereocenters. The maximum Gasteiger partial charge on any atom is 0.407 e. The third-order valence-electron chi connectivity index (χ3n) is 5.82. The van der Waals surface area contributed by atoms with Gasteiger partial charge in [0.1, 0.15) is 18.5 Å². The van der Waals surface area contributed by atoms with Crippen LogP contribution in [0.2, 0.25) is 5.02 Å². The van der Waals surface area contributed by atoms with Crippen LogP contribution in [0, 0.1) is 0 Å². The molecule has 0 saturated heterocycles. The first-order chi connectivity index (χ1) is 16.5. The number of fused-ring (bicyclic) bond motifs is 3. The molecule has 1 aliphatic rings. The Morgan fingerprint density at radius 2 is 2.12 bits per heavy atom. The van der Waals surface area contributed by atoms with Crippen molar-refractivity contribution in [2.75, 3.05) is 26.3 Å². The highest BCUT2D eigenvalue weighted by Gasteiger charge is 2.31. The summed E-state index contributed by atoms with van der Waals surface area (Å²) in [5.41, 5.74) is 4.10. The highest BCUT2D eigenvalue weighted by molar-refractivity contribution is 6.31. The summed E-state index contributed by atoms with van der Waals surface area (Å²) in [6.45, 7) is 2.90. The molecule has 0 spiro atoms. The van der Waals surface area contributed by atoms with E-state index in [0.717, 1.165) is 41.4 Å². The van der Waals surface area contributed by atoms with Crippen LogP contribution in [0.5, 0.6) is 5.75 Å². The lowest BCUT2D eigenvalue weighted by atomic mass is 9.93. The van der Waals surface area contributed by atoms with Crippen molar-refractivity contribution >= 4 is 35.0 Å². The number of alkyl carbamates (subject to hydrolysis) is 1. The van der Waals surface area contributed by atoms with Crippen molar-refractivity contribution in [3.05, 3.63) is 64.3 Å². The zero-order chi connectivity index (χ0) is 24.1. The van der Waals surface area contributed by atoms with E-state index in [1.165, 1.54) is 5.56 Å². The molecule has 8 nitrogen and oxygen atoms in total. The van der Waals surface area contributed by atoms with Gasteiger partial charge in [-0.15, -0.1) is 0 Å². The Morgan fingerprint density at radius 1 is 1.32 bits per heavy atom. The van der Waals surface area contributed by atoms with Crippen LogP contribution in [0.3, 0.4) is 0 Å². The van der Waals surface area contributed by atoms with E-state index in [2.05, 4.69) is 10.3 Å². The van der Waals surface area contributed by atoms with Gasteiger partial charge in [-0.2, -0.15) is 0 Å². The lowest BCUT2D eigenvalue weighted by Crippen LogP contribution is -2.35. The number of halogens is 1. The van der Waals surface area contributed by atoms with E-state index < -0.39 is 12.2 Å². The van der Waals surface area contributed by atoms with Gasteiger partial charge in [0.05, 0.1) is 19.2 Å². The van der Waals surface area contributed by atoms with Crippen LogP contribution in [0.25, 0.3) is 10.9 Å². The fourth-order valence-corrected chi connectivity index (χ4v) is 4.37. The normalized spacial score (nSPS) is 16.1. The molecule has 0 bridgehead atoms. The number of aliphatic hydroxyl groups excluding tert-OH is 1. The lowest BCUT2D eigenvalue weighted by molar-refractivity contribution is -0.120. The molecule has 2 atom stereocenters. The summed E-state index contributed by atoms with van der Waals surface area (Å²) in [6.07, 6.45) is 0.931. The van der Waals surface area contributed by atoms with Crippen LogP contribution in [0.15, 0.2) is 42.5 Å². The summed E-state index contributed by atoms with van der Waals surface area (Å²) in [7, 11) is 0. The Kier molecular flexibility index (Phi) is 7.59. The van der Waals surface area contributed by atoms with Gasteiger partial charge >= 0.3 is 6.09 Å². The fraction of sp³-hybridized carbons (Fsp3) is 0.360. The van der Waals surface area contributed by atoms with Gasteiger partial charge in [0.2, 0.25) is 6.41 Å². The third-order valence-corrected chi connectivity index (χ3v) is 6.05. The second kappa shape index (κ2) is 10.8. The number of aliphatic hydroxyl groups is 1. The smallest absolute Gasteiger partial charge is 0.407 e. The predicted octanol–water partition coefficient (Wildman–Crippen LogP) is 3.80. The molecule has 9 heteroatoms. The van der Waals surface area contributed by atoms with E-state index in [-0.39, 0.29) is 19.2 Å². The summed E-state index contributed by atoms with van der Waals surface area (Å²) in [6, 6.07) is 13.0. The van der Waals surface area contributed by atoms with Gasteiger partial charge in [-0.1, -0.05) is 30.7 Å². The van der Waals surface area contributed by atoms with E-state index >= 15 is 0 Å². The summed E-state index contributed by atoms with van der Waals surface area (Å²) in [5.74, 6) is 0.577. The summed E-state index contributed by atoms with van der Waals surface area (Å²) in [5, 5.41) is 14.3. The Bertz CT molecular complexity index is 1150. The molecule has 0 saturated carbocycles. The number of rotatable bonds is 9. The van der Waals surface area contributed by atoms with Crippen LogP contribution in [0.4, 0.5) is 4.79 Å². The minimum absolute atomic E-state index is 0.0181. The van der Waals surface area contributed by atoms with E-state index in [9.17, 15) is 14.7 Å². The van der Waals surface area contributed by atoms with Crippen LogP contribution >= 0.6 is 11.6 Å². The average Bonchev–Trinajstić information content (AvgIpc) is 3.22. The Morgan fingerprint density at radius 3 is 2.85 bits per heavy atom. The van der Waals surface area contributed by atoms with E-state index in [1.54, 1.807) is 4.90 Å². The first-order valence-corrected chi connectivity index (χ1v) is 11.7. The SMILES string of the molecule is CCCOC(=O)NCC(O)COc1ccc(C2c3[nH]c4ccc(Cl)cc4c3CCN2C=O)cc1. The summed E-state index contributed by atoms with van der Waals surface area (Å²) >= 11 is 6.21. The maximum atomic E-state index is 11.8. The van der Waals surface area contributed by atoms with Crippen LogP contribution < -0.4 is 10.1 Å². The van der Waals surface area contributed by atoms with Crippen molar-refractivity contribution in [1.29, 1.82) is 0 Å². The first kappa shape index (κ1) is 23.9. The second-order valence-electron chi connectivity index (χ2n) is 8.25. The van der Waals surface area contributed by atoms with E-state index in [4.69, 9.17) is 21.1 Å². The van der Waals surface area contributed by atoms with Gasteiger partial charge in [0.15, 0.2) is 0 Å². The Balaban J connectivity index is 1.43.